The van der Waals surface area contributed by atoms with Crippen molar-refractivity contribution in [3.05, 3.63) is 34.7 Å². The van der Waals surface area contributed by atoms with Crippen molar-refractivity contribution in [1.29, 1.82) is 0 Å². The van der Waals surface area contributed by atoms with E-state index in [0.717, 1.165) is 67.4 Å². The van der Waals surface area contributed by atoms with Gasteiger partial charge in [-0.3, -0.25) is 4.79 Å². The Hall–Kier alpha value is -2.08. The number of hydrogen-bond acceptors (Lipinski definition) is 5. The summed E-state index contributed by atoms with van der Waals surface area (Å²) in [6, 6.07) is 7.86. The van der Waals surface area contributed by atoms with Gasteiger partial charge in [-0.05, 0) is 116 Å². The molecule has 162 valence electrons. The van der Waals surface area contributed by atoms with Crippen LogP contribution in [0.1, 0.15) is 64.2 Å². The third-order valence-electron chi connectivity index (χ3n) is 7.85. The number of benzene rings is 1. The second-order valence-corrected chi connectivity index (χ2v) is 11.1. The van der Waals surface area contributed by atoms with E-state index in [2.05, 4.69) is 15.5 Å². The predicted octanol–water partition coefficient (Wildman–Crippen LogP) is 6.07. The van der Waals surface area contributed by atoms with Crippen LogP contribution in [-0.4, -0.2) is 17.1 Å². The molecule has 1 aromatic carbocycles. The molecule has 0 radical (unpaired) electrons. The van der Waals surface area contributed by atoms with E-state index in [1.165, 1.54) is 36.2 Å². The lowest BCUT2D eigenvalue weighted by atomic mass is 9.49. The number of nitrogens with zero attached hydrogens (tertiary/aromatic N) is 2. The zero-order valence-corrected chi connectivity index (χ0v) is 18.6. The van der Waals surface area contributed by atoms with Crippen LogP contribution in [0.2, 0.25) is 0 Å². The third kappa shape index (κ3) is 3.73. The monoisotopic (exact) mass is 435 g/mol. The predicted molar refractivity (Wildman–Crippen MR) is 123 cm³/mol. The summed E-state index contributed by atoms with van der Waals surface area (Å²) in [7, 11) is 0. The highest BCUT2D eigenvalue weighted by Gasteiger charge is 2.54. The molecule has 4 fully saturated rings. The van der Waals surface area contributed by atoms with E-state index in [9.17, 15) is 4.79 Å². The highest BCUT2D eigenvalue weighted by Crippen LogP contribution is 2.60. The summed E-state index contributed by atoms with van der Waals surface area (Å²) in [4.78, 5) is 19.0. The maximum atomic E-state index is 13.1. The molecule has 0 atom stereocenters. The molecule has 5 aliphatic rings. The van der Waals surface area contributed by atoms with Gasteiger partial charge in [-0.15, -0.1) is 0 Å². The molecule has 0 saturated heterocycles. The Labute approximate surface area is 187 Å². The van der Waals surface area contributed by atoms with Crippen molar-refractivity contribution in [3.63, 3.8) is 0 Å². The minimum absolute atomic E-state index is 0.150. The highest BCUT2D eigenvalue weighted by atomic mass is 32.2. The van der Waals surface area contributed by atoms with Crippen molar-refractivity contribution in [1.82, 2.24) is 10.4 Å². The van der Waals surface area contributed by atoms with Gasteiger partial charge in [0.25, 0.3) is 5.22 Å². The lowest BCUT2D eigenvalue weighted by Gasteiger charge is -2.55. The maximum Gasteiger partial charge on any atom is 0.261 e. The number of amides is 1. The molecular weight excluding hydrogens is 406 g/mol. The molecule has 0 aliphatic heterocycles. The summed E-state index contributed by atoms with van der Waals surface area (Å²) in [6.45, 7) is 0. The van der Waals surface area contributed by atoms with E-state index < -0.39 is 0 Å². The number of hydrazone groups is 1. The van der Waals surface area contributed by atoms with Gasteiger partial charge >= 0.3 is 0 Å². The van der Waals surface area contributed by atoms with Crippen molar-refractivity contribution in [2.75, 3.05) is 0 Å². The number of nitrogens with one attached hydrogen (secondary N) is 1. The SMILES string of the molecule is O=C(N/N=C/C1=C(Sc2nc3ccccc3o2)CCCC1)C12CC3CC(CC(C3)C1)C2. The number of oxazole rings is 1. The molecule has 0 spiro atoms. The first kappa shape index (κ1) is 19.6. The second-order valence-electron chi connectivity index (χ2n) is 10.1. The molecule has 2 aromatic rings. The molecule has 7 rings (SSSR count). The van der Waals surface area contributed by atoms with Gasteiger partial charge in [0.15, 0.2) is 5.58 Å². The number of hydrogen-bond donors (Lipinski definition) is 1. The van der Waals surface area contributed by atoms with E-state index in [4.69, 9.17) is 4.42 Å². The Bertz CT molecular complexity index is 1000. The third-order valence-corrected chi connectivity index (χ3v) is 8.91. The van der Waals surface area contributed by atoms with Crippen molar-refractivity contribution < 1.29 is 9.21 Å². The molecule has 4 bridgehead atoms. The molecule has 0 unspecified atom stereocenters. The summed E-state index contributed by atoms with van der Waals surface area (Å²) in [5, 5.41) is 5.12. The van der Waals surface area contributed by atoms with Gasteiger partial charge < -0.3 is 4.42 Å². The van der Waals surface area contributed by atoms with Crippen LogP contribution in [0.4, 0.5) is 0 Å². The Morgan fingerprint density at radius 3 is 2.55 bits per heavy atom. The fraction of sp³-hybridized carbons (Fsp3) is 0.560. The number of carbonyl (C=O) groups is 1. The number of fused-ring (bicyclic) bond motifs is 1. The summed E-state index contributed by atoms with van der Waals surface area (Å²) >= 11 is 1.60. The van der Waals surface area contributed by atoms with Gasteiger partial charge in [-0.25, -0.2) is 10.4 Å². The number of para-hydroxylation sites is 2. The molecular formula is C25H29N3O2S. The number of rotatable bonds is 5. The van der Waals surface area contributed by atoms with Gasteiger partial charge in [0.1, 0.15) is 5.52 Å². The number of carbonyl (C=O) groups excluding carboxylic acids is 1. The van der Waals surface area contributed by atoms with Gasteiger partial charge in [-0.2, -0.15) is 5.10 Å². The zero-order chi connectivity index (χ0) is 20.8. The number of allylic oxidation sites excluding steroid dienone is 2. The largest absolute Gasteiger partial charge is 0.431 e. The van der Waals surface area contributed by atoms with Crippen LogP contribution in [0.5, 0.6) is 0 Å². The second kappa shape index (κ2) is 7.80. The van der Waals surface area contributed by atoms with Crippen LogP contribution in [0.25, 0.3) is 11.1 Å². The fourth-order valence-electron chi connectivity index (χ4n) is 6.83. The summed E-state index contributed by atoms with van der Waals surface area (Å²) in [5.74, 6) is 2.46. The van der Waals surface area contributed by atoms with Crippen LogP contribution in [0.15, 0.2) is 49.5 Å². The Morgan fingerprint density at radius 2 is 1.81 bits per heavy atom. The smallest absolute Gasteiger partial charge is 0.261 e. The van der Waals surface area contributed by atoms with Gasteiger partial charge in [0, 0.05) is 0 Å². The van der Waals surface area contributed by atoms with Crippen LogP contribution in [0.3, 0.4) is 0 Å². The van der Waals surface area contributed by atoms with Crippen LogP contribution in [-0.2, 0) is 4.79 Å². The van der Waals surface area contributed by atoms with Crippen LogP contribution < -0.4 is 5.43 Å². The average Bonchev–Trinajstić information content (AvgIpc) is 3.16. The zero-order valence-electron chi connectivity index (χ0n) is 17.8. The first-order chi connectivity index (χ1) is 15.2. The molecule has 1 aromatic heterocycles. The normalized spacial score (nSPS) is 32.3. The van der Waals surface area contributed by atoms with Crippen LogP contribution in [0, 0.1) is 23.2 Å². The Kier molecular flexibility index (Phi) is 4.93. The van der Waals surface area contributed by atoms with Crippen molar-refractivity contribution >= 4 is 35.0 Å². The highest BCUT2D eigenvalue weighted by molar-refractivity contribution is 8.02. The van der Waals surface area contributed by atoms with E-state index >= 15 is 0 Å². The minimum atomic E-state index is -0.150. The fourth-order valence-corrected chi connectivity index (χ4v) is 7.85. The summed E-state index contributed by atoms with van der Waals surface area (Å²) in [5.41, 5.74) is 5.70. The standard InChI is InChI=1S/C25H29N3O2S/c29-23(25-12-16-9-17(13-25)11-18(10-16)14-25)28-26-15-19-5-1-4-8-22(19)31-24-27-20-6-2-3-7-21(20)30-24/h2-3,6-7,15-18H,1,4-5,8-14H2,(H,28,29)/b26-15+. The topological polar surface area (TPSA) is 67.5 Å². The molecule has 5 nitrogen and oxygen atoms in total. The van der Waals surface area contributed by atoms with E-state index in [1.807, 2.05) is 30.5 Å². The van der Waals surface area contributed by atoms with Crippen LogP contribution >= 0.6 is 11.8 Å². The van der Waals surface area contributed by atoms with E-state index in [1.54, 1.807) is 11.8 Å². The summed E-state index contributed by atoms with van der Waals surface area (Å²) in [6.07, 6.45) is 13.4. The number of aromatic nitrogens is 1. The van der Waals surface area contributed by atoms with Gasteiger partial charge in [-0.1, -0.05) is 12.1 Å². The Morgan fingerprint density at radius 1 is 1.10 bits per heavy atom. The molecule has 31 heavy (non-hydrogen) atoms. The van der Waals surface area contributed by atoms with Crippen molar-refractivity contribution in [3.8, 4) is 0 Å². The first-order valence-corrected chi connectivity index (χ1v) is 12.6. The molecule has 6 heteroatoms. The van der Waals surface area contributed by atoms with Crippen molar-refractivity contribution in [2.45, 2.75) is 69.4 Å². The first-order valence-electron chi connectivity index (χ1n) is 11.8. The molecule has 1 amide bonds. The quantitative estimate of drug-likeness (QED) is 0.457. The lowest BCUT2D eigenvalue weighted by Crippen LogP contribution is -2.52. The summed E-state index contributed by atoms with van der Waals surface area (Å²) < 4.78 is 5.90. The molecule has 1 heterocycles. The van der Waals surface area contributed by atoms with E-state index in [0.29, 0.717) is 5.22 Å². The molecule has 1 N–H and O–H groups in total. The Balaban J connectivity index is 1.16. The number of thioether (sulfide) groups is 1. The van der Waals surface area contributed by atoms with Gasteiger partial charge in [0.2, 0.25) is 5.91 Å². The van der Waals surface area contributed by atoms with Gasteiger partial charge in [0.05, 0.1) is 11.6 Å². The lowest BCUT2D eigenvalue weighted by molar-refractivity contribution is -0.146. The average molecular weight is 436 g/mol. The molecule has 5 aliphatic carbocycles. The maximum absolute atomic E-state index is 13.1. The van der Waals surface area contributed by atoms with Crippen molar-refractivity contribution in [2.24, 2.45) is 28.3 Å². The van der Waals surface area contributed by atoms with E-state index in [-0.39, 0.29) is 11.3 Å². The molecule has 4 saturated carbocycles. The minimum Gasteiger partial charge on any atom is -0.431 e.